The lowest BCUT2D eigenvalue weighted by molar-refractivity contribution is 0.589. The van der Waals surface area contributed by atoms with Gasteiger partial charge in [-0.15, -0.1) is 0 Å². The van der Waals surface area contributed by atoms with Crippen LogP contribution in [0.15, 0.2) is 18.3 Å². The van der Waals surface area contributed by atoms with Crippen LogP contribution in [0.1, 0.15) is 20.8 Å². The molecule has 0 heterocycles. The Bertz CT molecular complexity index is 494. The lowest BCUT2D eigenvalue weighted by Crippen LogP contribution is -2.17. The second-order valence-electron chi connectivity index (χ2n) is 5.46. The Morgan fingerprint density at radius 3 is 0.952 bits per heavy atom. The average Bonchev–Trinajstić information content (AvgIpc) is 1.83. The van der Waals surface area contributed by atoms with Gasteiger partial charge in [-0.3, -0.25) is 49.5 Å². The van der Waals surface area contributed by atoms with Crippen molar-refractivity contribution in [1.29, 1.82) is 0 Å². The van der Waals surface area contributed by atoms with Crippen LogP contribution in [0.2, 0.25) is 0 Å². The maximum atomic E-state index is 5.61. The fourth-order valence-corrected chi connectivity index (χ4v) is 8.81. The zero-order chi connectivity index (χ0) is 17.3. The highest BCUT2D eigenvalue weighted by Crippen LogP contribution is 2.67. The molecular weight excluding hydrogens is 354 g/mol. The molecule has 13 nitrogen and oxygen atoms in total. The van der Waals surface area contributed by atoms with Crippen LogP contribution in [-0.2, 0) is 0 Å². The summed E-state index contributed by atoms with van der Waals surface area (Å²) in [6, 6.07) is 0. The average molecular weight is 381 g/mol. The topological polar surface area (TPSA) is 284 Å². The minimum absolute atomic E-state index is 0.663. The molecular formula is C4H27N13P4. The number of hydrogen-bond acceptors (Lipinski definition) is 1. The summed E-state index contributed by atoms with van der Waals surface area (Å²) < 4.78 is 16.5. The summed E-state index contributed by atoms with van der Waals surface area (Å²) in [5, 5.41) is 0. The van der Waals surface area contributed by atoms with Crippen molar-refractivity contribution < 1.29 is 0 Å². The molecule has 0 aliphatic carbocycles. The second-order valence-corrected chi connectivity index (χ2v) is 13.6. The summed E-state index contributed by atoms with van der Waals surface area (Å²) in [5.74, 6) is 0. The summed E-state index contributed by atoms with van der Waals surface area (Å²) >= 11 is 0. The first-order chi connectivity index (χ1) is 8.83. The SMILES string of the molecule is CC(C)(C)N=P(N=P(N)(N)N)(N=P(N)(N)N)N=P(N)(N)N. The fraction of sp³-hybridized carbons (Fsp3) is 1.00. The van der Waals surface area contributed by atoms with E-state index in [1.807, 2.05) is 0 Å². The molecule has 0 aliphatic rings. The zero-order valence-corrected chi connectivity index (χ0v) is 15.9. The third-order valence-electron chi connectivity index (χ3n) is 1.26. The molecule has 0 aromatic rings. The van der Waals surface area contributed by atoms with Crippen molar-refractivity contribution in [1.82, 2.24) is 0 Å². The number of hydrogen-bond donors (Lipinski definition) is 9. The molecule has 0 saturated heterocycles. The molecule has 0 bridgehead atoms. The Morgan fingerprint density at radius 1 is 0.571 bits per heavy atom. The van der Waals surface area contributed by atoms with Crippen LogP contribution in [-0.4, -0.2) is 5.54 Å². The fourth-order valence-electron chi connectivity index (χ4n) is 1.14. The summed E-state index contributed by atoms with van der Waals surface area (Å²) in [7, 11) is -13.1. The van der Waals surface area contributed by atoms with Crippen molar-refractivity contribution in [2.24, 2.45) is 67.8 Å². The number of nitrogens with two attached hydrogens (primary N) is 9. The van der Waals surface area contributed by atoms with Crippen LogP contribution in [0.4, 0.5) is 0 Å². The van der Waals surface area contributed by atoms with Crippen LogP contribution < -0.4 is 49.5 Å². The van der Waals surface area contributed by atoms with E-state index in [1.54, 1.807) is 20.8 Å². The van der Waals surface area contributed by atoms with Gasteiger partial charge in [0.2, 0.25) is 0 Å². The maximum Gasteiger partial charge on any atom is 0.306 e. The molecule has 18 N–H and O–H groups in total. The predicted octanol–water partition coefficient (Wildman–Crippen LogP) is 0.198. The highest BCUT2D eigenvalue weighted by atomic mass is 31.3. The maximum absolute atomic E-state index is 5.61. The van der Waals surface area contributed by atoms with Crippen molar-refractivity contribution >= 4 is 30.0 Å². The van der Waals surface area contributed by atoms with Crippen LogP contribution in [0.3, 0.4) is 0 Å². The van der Waals surface area contributed by atoms with Gasteiger partial charge in [0.15, 0.2) is 22.5 Å². The van der Waals surface area contributed by atoms with Gasteiger partial charge in [-0.05, 0) is 20.8 Å². The van der Waals surface area contributed by atoms with Crippen LogP contribution >= 0.6 is 30.0 Å². The van der Waals surface area contributed by atoms with E-state index in [4.69, 9.17) is 49.5 Å². The molecule has 0 spiro atoms. The lowest BCUT2D eigenvalue weighted by atomic mass is 10.1. The Kier molecular flexibility index (Phi) is 6.76. The third-order valence-corrected chi connectivity index (χ3v) is 8.73. The molecule has 128 valence electrons. The van der Waals surface area contributed by atoms with Gasteiger partial charge < -0.3 is 0 Å². The third kappa shape index (κ3) is 11.7. The first-order valence-corrected chi connectivity index (χ1v) is 12.9. The van der Waals surface area contributed by atoms with E-state index >= 15 is 0 Å². The molecule has 0 saturated carbocycles. The van der Waals surface area contributed by atoms with Gasteiger partial charge in [0.25, 0.3) is 0 Å². The van der Waals surface area contributed by atoms with Crippen molar-refractivity contribution in [3.05, 3.63) is 0 Å². The molecule has 0 aliphatic heterocycles. The smallest absolute Gasteiger partial charge is 0.273 e. The van der Waals surface area contributed by atoms with Gasteiger partial charge in [0, 0.05) is 0 Å². The van der Waals surface area contributed by atoms with E-state index < -0.39 is 35.6 Å². The Morgan fingerprint density at radius 2 is 0.810 bits per heavy atom. The number of rotatable bonds is 3. The first kappa shape index (κ1) is 21.6. The second kappa shape index (κ2) is 6.59. The predicted molar refractivity (Wildman–Crippen MR) is 94.8 cm³/mol. The monoisotopic (exact) mass is 381 g/mol. The van der Waals surface area contributed by atoms with Crippen molar-refractivity contribution in [3.63, 3.8) is 0 Å². The van der Waals surface area contributed by atoms with Crippen molar-refractivity contribution in [2.75, 3.05) is 0 Å². The molecule has 0 amide bonds. The Labute approximate surface area is 125 Å². The van der Waals surface area contributed by atoms with E-state index in [1.165, 1.54) is 0 Å². The van der Waals surface area contributed by atoms with Gasteiger partial charge in [0.1, 0.15) is 0 Å². The van der Waals surface area contributed by atoms with Crippen molar-refractivity contribution in [2.45, 2.75) is 26.3 Å². The largest absolute Gasteiger partial charge is 0.306 e. The van der Waals surface area contributed by atoms with Crippen LogP contribution in [0.25, 0.3) is 0 Å². The minimum atomic E-state index is -3.46. The summed E-state index contributed by atoms with van der Waals surface area (Å²) in [6.45, 7) is 5.29. The van der Waals surface area contributed by atoms with E-state index in [2.05, 4.69) is 18.3 Å². The quantitative estimate of drug-likeness (QED) is 0.301. The minimum Gasteiger partial charge on any atom is -0.273 e. The molecule has 0 unspecified atom stereocenters. The lowest BCUT2D eigenvalue weighted by Gasteiger charge is -2.24. The van der Waals surface area contributed by atoms with E-state index in [0.29, 0.717) is 0 Å². The summed E-state index contributed by atoms with van der Waals surface area (Å²) in [6.07, 6.45) is 0. The summed E-state index contributed by atoms with van der Waals surface area (Å²) in [4.78, 5) is 0. The Balaban J connectivity index is 6.96. The summed E-state index contributed by atoms with van der Waals surface area (Å²) in [5.41, 5.74) is 49.8. The molecule has 0 fully saturated rings. The first-order valence-electron chi connectivity index (χ1n) is 5.45. The number of nitrogens with zero attached hydrogens (tertiary/aromatic N) is 4. The van der Waals surface area contributed by atoms with E-state index in [9.17, 15) is 0 Å². The molecule has 0 rings (SSSR count). The van der Waals surface area contributed by atoms with Gasteiger partial charge in [-0.25, -0.2) is 4.74 Å². The molecule has 17 heteroatoms. The van der Waals surface area contributed by atoms with E-state index in [-0.39, 0.29) is 0 Å². The highest BCUT2D eigenvalue weighted by Gasteiger charge is 2.27. The van der Waals surface area contributed by atoms with Gasteiger partial charge >= 0.3 is 7.51 Å². The Hall–Kier alpha value is 0.560. The molecule has 21 heavy (non-hydrogen) atoms. The zero-order valence-electron chi connectivity index (χ0n) is 12.3. The van der Waals surface area contributed by atoms with Crippen molar-refractivity contribution in [3.8, 4) is 0 Å². The molecule has 0 atom stereocenters. The molecule has 0 radical (unpaired) electrons. The molecule has 0 aromatic heterocycles. The van der Waals surface area contributed by atoms with Crippen LogP contribution in [0, 0.1) is 0 Å². The highest BCUT2D eigenvalue weighted by molar-refractivity contribution is 7.80. The van der Waals surface area contributed by atoms with Crippen LogP contribution in [0.5, 0.6) is 0 Å². The van der Waals surface area contributed by atoms with Gasteiger partial charge in [0.05, 0.1) is 5.54 Å². The van der Waals surface area contributed by atoms with Gasteiger partial charge in [-0.2, -0.15) is 13.5 Å². The van der Waals surface area contributed by atoms with Gasteiger partial charge in [-0.1, -0.05) is 0 Å². The van der Waals surface area contributed by atoms with E-state index in [0.717, 1.165) is 0 Å². The molecule has 0 aromatic carbocycles. The normalized spacial score (nSPS) is 14.7. The standard InChI is InChI=1S/C4H27N13P4/c1-4(2,3)14-21(15-18(5,6)7,16-19(8,9)10)17-20(11,12)13/h5-13H2,1-3H3.